The van der Waals surface area contributed by atoms with Crippen LogP contribution in [0.4, 0.5) is 0 Å². The van der Waals surface area contributed by atoms with Crippen LogP contribution in [0.5, 0.6) is 0 Å². The van der Waals surface area contributed by atoms with Gasteiger partial charge in [0, 0.05) is 17.8 Å². The maximum atomic E-state index is 10.8. The van der Waals surface area contributed by atoms with E-state index in [1.807, 2.05) is 12.1 Å². The summed E-state index contributed by atoms with van der Waals surface area (Å²) in [6, 6.07) is 5.49. The van der Waals surface area contributed by atoms with E-state index in [2.05, 4.69) is 9.97 Å². The first-order valence-electron chi connectivity index (χ1n) is 5.25. The van der Waals surface area contributed by atoms with Crippen molar-refractivity contribution in [3.63, 3.8) is 0 Å². The second-order valence-corrected chi connectivity index (χ2v) is 3.71. The van der Waals surface area contributed by atoms with Gasteiger partial charge in [-0.2, -0.15) is 0 Å². The predicted octanol–water partition coefficient (Wildman–Crippen LogP) is 1.86. The third-order valence-corrected chi connectivity index (χ3v) is 2.31. The lowest BCUT2D eigenvalue weighted by atomic mass is 10.2. The first-order chi connectivity index (χ1) is 8.15. The molecule has 0 saturated carbocycles. The summed E-state index contributed by atoms with van der Waals surface area (Å²) in [4.78, 5) is 18.6. The molecule has 2 aromatic heterocycles. The van der Waals surface area contributed by atoms with Gasteiger partial charge in [0.15, 0.2) is 0 Å². The quantitative estimate of drug-likeness (QED) is 0.870. The van der Waals surface area contributed by atoms with Crippen molar-refractivity contribution in [1.29, 1.82) is 0 Å². The highest BCUT2D eigenvalue weighted by atomic mass is 16.4. The molecule has 0 radical (unpaired) electrons. The molecule has 0 aromatic carbocycles. The number of nitrogens with zero attached hydrogens (tertiary/aromatic N) is 2. The van der Waals surface area contributed by atoms with Crippen LogP contribution in [0.15, 0.2) is 28.9 Å². The van der Waals surface area contributed by atoms with Gasteiger partial charge in [-0.05, 0) is 31.5 Å². The molecule has 0 amide bonds. The highest BCUT2D eigenvalue weighted by Gasteiger charge is 2.09. The minimum absolute atomic E-state index is 0.153. The van der Waals surface area contributed by atoms with Crippen molar-refractivity contribution < 1.29 is 14.3 Å². The third-order valence-electron chi connectivity index (χ3n) is 2.31. The summed E-state index contributed by atoms with van der Waals surface area (Å²) >= 11 is 0. The molecule has 0 saturated heterocycles. The van der Waals surface area contributed by atoms with E-state index in [0.29, 0.717) is 24.2 Å². The molecule has 0 atom stereocenters. The Bertz CT molecular complexity index is 521. The summed E-state index contributed by atoms with van der Waals surface area (Å²) in [6.07, 6.45) is 2.95. The number of carboxylic acids is 1. The molecule has 5 nitrogen and oxygen atoms in total. The average molecular weight is 232 g/mol. The average Bonchev–Trinajstić information content (AvgIpc) is 2.78. The molecule has 2 rings (SSSR count). The van der Waals surface area contributed by atoms with Gasteiger partial charge in [0.1, 0.15) is 5.76 Å². The lowest BCUT2D eigenvalue weighted by Crippen LogP contribution is -2.08. The normalized spacial score (nSPS) is 10.4. The Morgan fingerprint density at radius 1 is 1.41 bits per heavy atom. The molecule has 0 aliphatic rings. The molecule has 5 heteroatoms. The van der Waals surface area contributed by atoms with Crippen molar-refractivity contribution in [2.45, 2.75) is 19.8 Å². The van der Waals surface area contributed by atoms with E-state index in [1.165, 1.54) is 0 Å². The van der Waals surface area contributed by atoms with Crippen molar-refractivity contribution in [1.82, 2.24) is 9.97 Å². The largest absolute Gasteiger partial charge is 0.475 e. The Kier molecular flexibility index (Phi) is 3.18. The fraction of sp³-hybridized carbons (Fsp3) is 0.250. The molecule has 0 aliphatic carbocycles. The van der Waals surface area contributed by atoms with Gasteiger partial charge in [0.05, 0.1) is 6.26 Å². The van der Waals surface area contributed by atoms with Crippen LogP contribution in [0.3, 0.4) is 0 Å². The van der Waals surface area contributed by atoms with Crippen molar-refractivity contribution in [3.8, 4) is 0 Å². The van der Waals surface area contributed by atoms with Crippen molar-refractivity contribution in [3.05, 3.63) is 47.4 Å². The summed E-state index contributed by atoms with van der Waals surface area (Å²) in [7, 11) is 0. The van der Waals surface area contributed by atoms with Gasteiger partial charge in [-0.25, -0.2) is 14.8 Å². The van der Waals surface area contributed by atoms with Crippen LogP contribution in [0.1, 0.15) is 27.8 Å². The van der Waals surface area contributed by atoms with Gasteiger partial charge in [-0.1, -0.05) is 0 Å². The first-order valence-corrected chi connectivity index (χ1v) is 5.25. The number of hydrogen-bond acceptors (Lipinski definition) is 4. The second kappa shape index (κ2) is 4.78. The molecule has 88 valence electrons. The van der Waals surface area contributed by atoms with Crippen LogP contribution < -0.4 is 0 Å². The van der Waals surface area contributed by atoms with Crippen LogP contribution in [-0.4, -0.2) is 21.0 Å². The summed E-state index contributed by atoms with van der Waals surface area (Å²) in [6.45, 7) is 1.75. The molecule has 0 fully saturated rings. The number of rotatable bonds is 4. The van der Waals surface area contributed by atoms with E-state index < -0.39 is 5.97 Å². The van der Waals surface area contributed by atoms with Crippen molar-refractivity contribution in [2.24, 2.45) is 0 Å². The van der Waals surface area contributed by atoms with Crippen LogP contribution in [0.2, 0.25) is 0 Å². The smallest absolute Gasteiger partial charge is 0.373 e. The minimum Gasteiger partial charge on any atom is -0.475 e. The number of carbonyl (C=O) groups is 1. The lowest BCUT2D eigenvalue weighted by Gasteiger charge is -2.02. The van der Waals surface area contributed by atoms with Crippen molar-refractivity contribution >= 4 is 5.97 Å². The molecule has 0 spiro atoms. The number of furan rings is 1. The highest BCUT2D eigenvalue weighted by molar-refractivity contribution is 5.83. The standard InChI is InChI=1S/C12H12N2O3/c1-8-7-9(14-11(13-8)12(15)16)4-5-10-3-2-6-17-10/h2-3,6-7H,4-5H2,1H3,(H,15,16). The van der Waals surface area contributed by atoms with Crippen molar-refractivity contribution in [2.75, 3.05) is 0 Å². The topological polar surface area (TPSA) is 76.2 Å². The fourth-order valence-electron chi connectivity index (χ4n) is 1.56. The summed E-state index contributed by atoms with van der Waals surface area (Å²) in [5.41, 5.74) is 1.37. The van der Waals surface area contributed by atoms with Crippen LogP contribution in [0.25, 0.3) is 0 Å². The zero-order valence-corrected chi connectivity index (χ0v) is 9.38. The number of hydrogen-bond donors (Lipinski definition) is 1. The first kappa shape index (κ1) is 11.3. The zero-order chi connectivity index (χ0) is 12.3. The van der Waals surface area contributed by atoms with E-state index >= 15 is 0 Å². The van der Waals surface area contributed by atoms with Gasteiger partial charge >= 0.3 is 5.97 Å². The van der Waals surface area contributed by atoms with Gasteiger partial charge in [0.25, 0.3) is 0 Å². The monoisotopic (exact) mass is 232 g/mol. The number of aryl methyl sites for hydroxylation is 3. The SMILES string of the molecule is Cc1cc(CCc2ccco2)nc(C(=O)O)n1. The predicted molar refractivity (Wildman–Crippen MR) is 59.8 cm³/mol. The maximum absolute atomic E-state index is 10.8. The molecule has 1 N–H and O–H groups in total. The molecule has 0 unspecified atom stereocenters. The number of carboxylic acid groups (broad SMARTS) is 1. The molecule has 17 heavy (non-hydrogen) atoms. The molecular weight excluding hydrogens is 220 g/mol. The highest BCUT2D eigenvalue weighted by Crippen LogP contribution is 2.07. The number of aromatic carboxylic acids is 1. The van der Waals surface area contributed by atoms with Crippen LogP contribution in [0, 0.1) is 6.92 Å². The van der Waals surface area contributed by atoms with Crippen LogP contribution in [-0.2, 0) is 12.8 Å². The molecule has 2 aromatic rings. The third kappa shape index (κ3) is 2.90. The Labute approximate surface area is 98.1 Å². The summed E-state index contributed by atoms with van der Waals surface area (Å²) < 4.78 is 5.20. The van der Waals surface area contributed by atoms with Gasteiger partial charge in [0.2, 0.25) is 5.82 Å². The van der Waals surface area contributed by atoms with Crippen LogP contribution >= 0.6 is 0 Å². The second-order valence-electron chi connectivity index (χ2n) is 3.71. The fourth-order valence-corrected chi connectivity index (χ4v) is 1.56. The molecule has 0 bridgehead atoms. The Morgan fingerprint density at radius 3 is 2.88 bits per heavy atom. The summed E-state index contributed by atoms with van der Waals surface area (Å²) in [5.74, 6) is -0.398. The van der Waals surface area contributed by atoms with Gasteiger partial charge in [-0.3, -0.25) is 0 Å². The Balaban J connectivity index is 2.13. The van der Waals surface area contributed by atoms with Gasteiger partial charge in [-0.15, -0.1) is 0 Å². The maximum Gasteiger partial charge on any atom is 0.373 e. The number of aromatic nitrogens is 2. The zero-order valence-electron chi connectivity index (χ0n) is 9.38. The Hall–Kier alpha value is -2.17. The van der Waals surface area contributed by atoms with E-state index in [1.54, 1.807) is 19.3 Å². The Morgan fingerprint density at radius 2 is 2.24 bits per heavy atom. The van der Waals surface area contributed by atoms with E-state index in [-0.39, 0.29) is 5.82 Å². The van der Waals surface area contributed by atoms with E-state index in [0.717, 1.165) is 5.76 Å². The lowest BCUT2D eigenvalue weighted by molar-refractivity contribution is 0.0682. The van der Waals surface area contributed by atoms with E-state index in [9.17, 15) is 4.79 Å². The molecule has 2 heterocycles. The van der Waals surface area contributed by atoms with Gasteiger partial charge < -0.3 is 9.52 Å². The minimum atomic E-state index is -1.10. The molecular formula is C12H12N2O3. The van der Waals surface area contributed by atoms with E-state index in [4.69, 9.17) is 9.52 Å². The summed E-state index contributed by atoms with van der Waals surface area (Å²) in [5, 5.41) is 8.84. The molecule has 0 aliphatic heterocycles.